The van der Waals surface area contributed by atoms with Gasteiger partial charge in [0, 0.05) is 28.1 Å². The summed E-state index contributed by atoms with van der Waals surface area (Å²) in [4.78, 5) is 23.3. The van der Waals surface area contributed by atoms with E-state index in [9.17, 15) is 27.1 Å². The molecule has 1 amide bonds. The number of fused-ring (bicyclic) bond motifs is 1. The molecule has 1 heterocycles. The molecule has 1 aromatic heterocycles. The van der Waals surface area contributed by atoms with Gasteiger partial charge in [0.05, 0.1) is 18.8 Å². The Balaban J connectivity index is 1.45. The standard InChI is InChI=1S/C29H31FN5O8PS2/c30-26-16-23(5-3-19(26)17-33)43-44(37,38)18-34-46(39,40)28-14-20-11-22(4-6-27(20)45-28)35-29(36)21-12-24(41-9-1-7-31)15-25(13-21)42-10-2-8-32/h3-6,11-16,34H,1-2,7-10,18,31-32H2,(H,35,36)(H,37,38). The minimum absolute atomic E-state index is 0.156. The van der Waals surface area contributed by atoms with Crippen molar-refractivity contribution < 1.29 is 41.1 Å². The van der Waals surface area contributed by atoms with Crippen LogP contribution in [0.1, 0.15) is 28.8 Å². The monoisotopic (exact) mass is 691 g/mol. The number of benzene rings is 3. The van der Waals surface area contributed by atoms with Crippen LogP contribution < -0.4 is 35.5 Å². The van der Waals surface area contributed by atoms with Crippen LogP contribution in [-0.4, -0.2) is 51.8 Å². The molecule has 0 saturated heterocycles. The van der Waals surface area contributed by atoms with Gasteiger partial charge < -0.3 is 35.7 Å². The number of thiophene rings is 1. The normalized spacial score (nSPS) is 12.7. The van der Waals surface area contributed by atoms with Crippen LogP contribution in [0.2, 0.25) is 0 Å². The zero-order chi connectivity index (χ0) is 33.3. The van der Waals surface area contributed by atoms with Crippen LogP contribution in [0.15, 0.2) is 64.9 Å². The summed E-state index contributed by atoms with van der Waals surface area (Å²) in [5.41, 5.74) is 11.4. The van der Waals surface area contributed by atoms with Gasteiger partial charge in [0.2, 0.25) is 0 Å². The van der Waals surface area contributed by atoms with E-state index in [0.717, 1.165) is 29.5 Å². The number of rotatable bonds is 16. The molecule has 0 saturated carbocycles. The van der Waals surface area contributed by atoms with Gasteiger partial charge in [-0.3, -0.25) is 4.79 Å². The zero-order valence-electron chi connectivity index (χ0n) is 24.3. The van der Waals surface area contributed by atoms with Crippen molar-refractivity contribution in [2.45, 2.75) is 17.1 Å². The first-order chi connectivity index (χ1) is 21.9. The number of sulfonamides is 1. The summed E-state index contributed by atoms with van der Waals surface area (Å²) >= 11 is 0.905. The van der Waals surface area contributed by atoms with Gasteiger partial charge in [0.15, 0.2) is 0 Å². The van der Waals surface area contributed by atoms with Gasteiger partial charge in [-0.05, 0) is 79.8 Å². The molecule has 4 aromatic rings. The molecule has 0 aliphatic rings. The van der Waals surface area contributed by atoms with Crippen LogP contribution in [0.25, 0.3) is 10.1 Å². The number of carbonyl (C=O) groups is 1. The van der Waals surface area contributed by atoms with E-state index >= 15 is 0 Å². The average molecular weight is 692 g/mol. The van der Waals surface area contributed by atoms with Crippen LogP contribution in [0, 0.1) is 17.1 Å². The maximum atomic E-state index is 13.8. The lowest BCUT2D eigenvalue weighted by Gasteiger charge is -2.14. The predicted octanol–water partition coefficient (Wildman–Crippen LogP) is 4.12. The molecule has 1 atom stereocenters. The van der Waals surface area contributed by atoms with Crippen LogP contribution in [-0.2, 0) is 14.6 Å². The van der Waals surface area contributed by atoms with E-state index in [2.05, 4.69) is 5.32 Å². The highest BCUT2D eigenvalue weighted by Crippen LogP contribution is 2.42. The molecule has 3 aromatic carbocycles. The number of hydrogen-bond acceptors (Lipinski definition) is 11. The van der Waals surface area contributed by atoms with Gasteiger partial charge in [-0.2, -0.15) is 9.98 Å². The molecule has 1 unspecified atom stereocenters. The van der Waals surface area contributed by atoms with Gasteiger partial charge in [-0.1, -0.05) is 0 Å². The van der Waals surface area contributed by atoms with Crippen molar-refractivity contribution in [3.63, 3.8) is 0 Å². The van der Waals surface area contributed by atoms with Crippen LogP contribution in [0.5, 0.6) is 17.2 Å². The Hall–Kier alpha value is -4.07. The topological polar surface area (TPSA) is 216 Å². The molecule has 0 aliphatic carbocycles. The second-order valence-corrected chi connectivity index (χ2v) is 14.6. The van der Waals surface area contributed by atoms with Crippen molar-refractivity contribution in [1.82, 2.24) is 4.72 Å². The Labute approximate surface area is 268 Å². The minimum atomic E-state index is -4.60. The Kier molecular flexibility index (Phi) is 11.7. The Bertz CT molecular complexity index is 1890. The van der Waals surface area contributed by atoms with E-state index in [1.54, 1.807) is 42.5 Å². The first-order valence-corrected chi connectivity index (χ1v) is 17.9. The molecular weight excluding hydrogens is 660 g/mol. The van der Waals surface area contributed by atoms with E-state index in [1.807, 2.05) is 4.72 Å². The highest BCUT2D eigenvalue weighted by atomic mass is 32.2. The summed E-state index contributed by atoms with van der Waals surface area (Å²) in [6.45, 7) is 1.61. The van der Waals surface area contributed by atoms with E-state index in [4.69, 9.17) is 30.7 Å². The SMILES string of the molecule is N#Cc1ccc(OP(=O)(O)CNS(=O)(=O)c2cc3cc(NC(=O)c4cc(OCCCN)cc(OCCCN)c4)ccc3s2)cc1F. The molecule has 0 radical (unpaired) electrons. The summed E-state index contributed by atoms with van der Waals surface area (Å²) in [7, 11) is -8.86. The van der Waals surface area contributed by atoms with Crippen molar-refractivity contribution in [2.75, 3.05) is 37.9 Å². The number of halogens is 1. The lowest BCUT2D eigenvalue weighted by molar-refractivity contribution is 0.102. The van der Waals surface area contributed by atoms with E-state index in [0.29, 0.717) is 66.4 Å². The van der Waals surface area contributed by atoms with Gasteiger partial charge in [-0.15, -0.1) is 11.3 Å². The largest absolute Gasteiger partial charge is 0.493 e. The Morgan fingerprint density at radius 3 is 2.26 bits per heavy atom. The summed E-state index contributed by atoms with van der Waals surface area (Å²) in [5, 5.41) is 12.1. The molecule has 0 aliphatic heterocycles. The highest BCUT2D eigenvalue weighted by Gasteiger charge is 2.27. The average Bonchev–Trinajstić information content (AvgIpc) is 3.45. The summed E-state index contributed by atoms with van der Waals surface area (Å²) in [6.07, 6.45) is 0.251. The molecule has 4 rings (SSSR count). The second kappa shape index (κ2) is 15.5. The lowest BCUT2D eigenvalue weighted by Crippen LogP contribution is -2.25. The predicted molar refractivity (Wildman–Crippen MR) is 171 cm³/mol. The Morgan fingerprint density at radius 1 is 0.978 bits per heavy atom. The summed E-state index contributed by atoms with van der Waals surface area (Å²) < 4.78 is 71.0. The number of nitrogens with two attached hydrogens (primary N) is 2. The van der Waals surface area contributed by atoms with Crippen LogP contribution in [0.3, 0.4) is 0 Å². The first kappa shape index (κ1) is 34.8. The lowest BCUT2D eigenvalue weighted by atomic mass is 10.1. The second-order valence-electron chi connectivity index (χ2n) is 9.73. The number of nitriles is 1. The number of amides is 1. The molecule has 0 bridgehead atoms. The van der Waals surface area contributed by atoms with Gasteiger partial charge in [0.1, 0.15) is 39.6 Å². The molecule has 0 spiro atoms. The van der Waals surface area contributed by atoms with Crippen LogP contribution in [0.4, 0.5) is 10.1 Å². The first-order valence-electron chi connectivity index (χ1n) is 13.8. The molecule has 7 N–H and O–H groups in total. The number of anilines is 1. The smallest absolute Gasteiger partial charge is 0.391 e. The molecule has 0 fully saturated rings. The van der Waals surface area contributed by atoms with Crippen molar-refractivity contribution in [2.24, 2.45) is 11.5 Å². The number of nitrogens with zero attached hydrogens (tertiary/aromatic N) is 1. The van der Waals surface area contributed by atoms with E-state index in [1.165, 1.54) is 6.07 Å². The zero-order valence-corrected chi connectivity index (χ0v) is 26.8. The third kappa shape index (κ3) is 9.47. The van der Waals surface area contributed by atoms with E-state index in [-0.39, 0.29) is 21.1 Å². The van der Waals surface area contributed by atoms with Crippen molar-refractivity contribution in [3.05, 3.63) is 77.6 Å². The third-order valence-electron chi connectivity index (χ3n) is 6.16. The van der Waals surface area contributed by atoms with Gasteiger partial charge in [-0.25, -0.2) is 17.4 Å². The van der Waals surface area contributed by atoms with Crippen molar-refractivity contribution in [1.29, 1.82) is 5.26 Å². The van der Waals surface area contributed by atoms with Crippen molar-refractivity contribution in [3.8, 4) is 23.3 Å². The minimum Gasteiger partial charge on any atom is -0.493 e. The summed E-state index contributed by atoms with van der Waals surface area (Å²) in [6, 6.07) is 15.5. The maximum absolute atomic E-state index is 13.8. The van der Waals surface area contributed by atoms with Gasteiger partial charge >= 0.3 is 7.60 Å². The molecular formula is C29H31FN5O8PS2. The quantitative estimate of drug-likeness (QED) is 0.0832. The third-order valence-corrected chi connectivity index (χ3v) is 10.4. The fraction of sp³-hybridized carbons (Fsp3) is 0.241. The fourth-order valence-electron chi connectivity index (χ4n) is 3.93. The van der Waals surface area contributed by atoms with Crippen molar-refractivity contribution >= 4 is 50.6 Å². The van der Waals surface area contributed by atoms with E-state index < -0.39 is 35.6 Å². The van der Waals surface area contributed by atoms with Gasteiger partial charge in [0.25, 0.3) is 15.9 Å². The summed E-state index contributed by atoms with van der Waals surface area (Å²) in [5.74, 6) is -0.904. The Morgan fingerprint density at radius 2 is 1.65 bits per heavy atom. The highest BCUT2D eigenvalue weighted by molar-refractivity contribution is 7.92. The number of hydrogen-bond donors (Lipinski definition) is 5. The molecule has 46 heavy (non-hydrogen) atoms. The van der Waals surface area contributed by atoms with Crippen LogP contribution >= 0.6 is 18.9 Å². The maximum Gasteiger partial charge on any atom is 0.391 e. The molecule has 17 heteroatoms. The molecule has 244 valence electrons. The molecule has 13 nitrogen and oxygen atoms in total. The number of ether oxygens (including phenoxy) is 2. The number of carbonyl (C=O) groups excluding carboxylic acids is 1. The number of nitrogens with one attached hydrogen (secondary N) is 2. The fourth-order valence-corrected chi connectivity index (χ4v) is 7.85.